The Morgan fingerprint density at radius 3 is 2.90 bits per heavy atom. The van der Waals surface area contributed by atoms with Crippen LogP contribution < -0.4 is 10.6 Å². The highest BCUT2D eigenvalue weighted by atomic mass is 35.5. The highest BCUT2D eigenvalue weighted by Crippen LogP contribution is 2.23. The predicted octanol–water partition coefficient (Wildman–Crippen LogP) is 2.73. The first-order valence-corrected chi connectivity index (χ1v) is 7.84. The Kier molecular flexibility index (Phi) is 5.44. The van der Waals surface area contributed by atoms with Crippen LogP contribution in [0.2, 0.25) is 5.02 Å². The zero-order valence-electron chi connectivity index (χ0n) is 12.3. The van der Waals surface area contributed by atoms with Gasteiger partial charge in [0, 0.05) is 16.6 Å². The van der Waals surface area contributed by atoms with Crippen molar-refractivity contribution in [2.45, 2.75) is 45.6 Å². The monoisotopic (exact) mass is 295 g/mol. The maximum absolute atomic E-state index is 12.0. The van der Waals surface area contributed by atoms with E-state index in [0.29, 0.717) is 23.5 Å². The highest BCUT2D eigenvalue weighted by molar-refractivity contribution is 6.31. The third-order valence-corrected chi connectivity index (χ3v) is 4.74. The van der Waals surface area contributed by atoms with Gasteiger partial charge < -0.3 is 10.6 Å². The molecule has 0 spiro atoms. The average molecular weight is 296 g/mol. The van der Waals surface area contributed by atoms with Gasteiger partial charge in [-0.3, -0.25) is 4.79 Å². The molecular formula is C16H24ClN2O+. The molecule has 1 aromatic carbocycles. The van der Waals surface area contributed by atoms with Crippen molar-refractivity contribution in [2.75, 3.05) is 11.9 Å². The standard InChI is InChI=1S/C16H23ClN2O/c1-11-6-3-4-8-14(11)18-10-16(20)19-15-9-5-7-13(17)12(15)2/h5,7,9,11,14,18H,3-4,6,8,10H2,1-2H3,(H,19,20)/p+1/t11-,14-/m0/s1. The molecule has 3 nitrogen and oxygen atoms in total. The summed E-state index contributed by atoms with van der Waals surface area (Å²) in [5.74, 6) is 0.762. The van der Waals surface area contributed by atoms with Gasteiger partial charge >= 0.3 is 0 Å². The van der Waals surface area contributed by atoms with Gasteiger partial charge in [0.2, 0.25) is 0 Å². The van der Waals surface area contributed by atoms with Crippen molar-refractivity contribution >= 4 is 23.2 Å². The number of nitrogens with two attached hydrogens (primary N) is 1. The van der Waals surface area contributed by atoms with Gasteiger partial charge in [-0.1, -0.05) is 31.0 Å². The Morgan fingerprint density at radius 1 is 1.40 bits per heavy atom. The maximum atomic E-state index is 12.0. The smallest absolute Gasteiger partial charge is 0.279 e. The van der Waals surface area contributed by atoms with E-state index >= 15 is 0 Å². The molecule has 1 aliphatic carbocycles. The Labute approximate surface area is 126 Å². The summed E-state index contributed by atoms with van der Waals surface area (Å²) in [7, 11) is 0. The quantitative estimate of drug-likeness (QED) is 0.881. The zero-order chi connectivity index (χ0) is 14.5. The average Bonchev–Trinajstić information content (AvgIpc) is 2.43. The van der Waals surface area contributed by atoms with Crippen LogP contribution in [0.1, 0.15) is 38.2 Å². The van der Waals surface area contributed by atoms with Crippen LogP contribution in [0.5, 0.6) is 0 Å². The summed E-state index contributed by atoms with van der Waals surface area (Å²) < 4.78 is 0. The van der Waals surface area contributed by atoms with E-state index in [1.165, 1.54) is 25.7 Å². The molecule has 1 amide bonds. The van der Waals surface area contributed by atoms with Gasteiger partial charge in [0.25, 0.3) is 5.91 Å². The van der Waals surface area contributed by atoms with E-state index in [2.05, 4.69) is 17.6 Å². The third kappa shape index (κ3) is 3.97. The summed E-state index contributed by atoms with van der Waals surface area (Å²) in [6, 6.07) is 6.18. The number of carbonyl (C=O) groups is 1. The number of halogens is 1. The van der Waals surface area contributed by atoms with Crippen molar-refractivity contribution in [1.82, 2.24) is 0 Å². The molecular weight excluding hydrogens is 272 g/mol. The topological polar surface area (TPSA) is 45.7 Å². The summed E-state index contributed by atoms with van der Waals surface area (Å²) in [6.45, 7) is 4.70. The number of nitrogens with one attached hydrogen (secondary N) is 1. The molecule has 2 atom stereocenters. The van der Waals surface area contributed by atoms with Gasteiger partial charge in [-0.05, 0) is 43.9 Å². The largest absolute Gasteiger partial charge is 0.336 e. The first-order valence-electron chi connectivity index (χ1n) is 7.46. The Balaban J connectivity index is 1.85. The molecule has 0 heterocycles. The fourth-order valence-corrected chi connectivity index (χ4v) is 3.07. The normalized spacial score (nSPS) is 22.6. The van der Waals surface area contributed by atoms with Crippen LogP contribution in [0.25, 0.3) is 0 Å². The van der Waals surface area contributed by atoms with E-state index in [9.17, 15) is 4.79 Å². The summed E-state index contributed by atoms with van der Waals surface area (Å²) in [5, 5.41) is 5.83. The van der Waals surface area contributed by atoms with Gasteiger partial charge in [-0.15, -0.1) is 0 Å². The Hall–Kier alpha value is -1.06. The molecule has 1 fully saturated rings. The third-order valence-electron chi connectivity index (χ3n) is 4.33. The van der Waals surface area contributed by atoms with E-state index in [4.69, 9.17) is 11.6 Å². The summed E-state index contributed by atoms with van der Waals surface area (Å²) in [4.78, 5) is 12.0. The lowest BCUT2D eigenvalue weighted by molar-refractivity contribution is -0.687. The van der Waals surface area contributed by atoms with Crippen molar-refractivity contribution < 1.29 is 10.1 Å². The molecule has 1 aromatic rings. The summed E-state index contributed by atoms with van der Waals surface area (Å²) >= 11 is 6.06. The van der Waals surface area contributed by atoms with Crippen LogP contribution in [0, 0.1) is 12.8 Å². The lowest BCUT2D eigenvalue weighted by atomic mass is 9.86. The number of benzene rings is 1. The molecule has 0 radical (unpaired) electrons. The van der Waals surface area contributed by atoms with Crippen LogP contribution in [0.15, 0.2) is 18.2 Å². The predicted molar refractivity (Wildman–Crippen MR) is 83.0 cm³/mol. The van der Waals surface area contributed by atoms with Crippen LogP contribution >= 0.6 is 11.6 Å². The molecule has 0 aliphatic heterocycles. The lowest BCUT2D eigenvalue weighted by Gasteiger charge is -2.26. The number of hydrogen-bond acceptors (Lipinski definition) is 1. The van der Waals surface area contributed by atoms with E-state index in [-0.39, 0.29) is 5.91 Å². The van der Waals surface area contributed by atoms with E-state index in [1.54, 1.807) is 0 Å². The number of amides is 1. The summed E-state index contributed by atoms with van der Waals surface area (Å²) in [5.41, 5.74) is 1.74. The first kappa shape index (κ1) is 15.3. The molecule has 0 bridgehead atoms. The Morgan fingerprint density at radius 2 is 2.15 bits per heavy atom. The van der Waals surface area contributed by atoms with Gasteiger partial charge in [0.05, 0.1) is 6.04 Å². The van der Waals surface area contributed by atoms with Crippen molar-refractivity contribution in [3.8, 4) is 0 Å². The highest BCUT2D eigenvalue weighted by Gasteiger charge is 2.24. The van der Waals surface area contributed by atoms with Crippen LogP contribution in [-0.2, 0) is 4.79 Å². The molecule has 110 valence electrons. The van der Waals surface area contributed by atoms with Crippen molar-refractivity contribution in [1.29, 1.82) is 0 Å². The minimum atomic E-state index is 0.0492. The van der Waals surface area contributed by atoms with Gasteiger partial charge in [0.1, 0.15) is 0 Å². The SMILES string of the molecule is Cc1c(Cl)cccc1NC(=O)C[NH2+][C@H]1CCCC[C@@H]1C. The number of hydrogen-bond donors (Lipinski definition) is 2. The molecule has 0 unspecified atom stereocenters. The van der Waals surface area contributed by atoms with E-state index in [0.717, 1.165) is 11.3 Å². The molecule has 1 aliphatic rings. The molecule has 2 rings (SSSR count). The van der Waals surface area contributed by atoms with Crippen LogP contribution in [0.4, 0.5) is 5.69 Å². The molecule has 3 N–H and O–H groups in total. The van der Waals surface area contributed by atoms with Crippen molar-refractivity contribution in [3.05, 3.63) is 28.8 Å². The molecule has 4 heteroatoms. The number of carbonyl (C=O) groups excluding carboxylic acids is 1. The van der Waals surface area contributed by atoms with Crippen LogP contribution in [-0.4, -0.2) is 18.5 Å². The second kappa shape index (κ2) is 7.09. The zero-order valence-corrected chi connectivity index (χ0v) is 13.0. The minimum Gasteiger partial charge on any atom is -0.336 e. The first-order chi connectivity index (χ1) is 9.58. The second-order valence-electron chi connectivity index (χ2n) is 5.83. The molecule has 1 saturated carbocycles. The van der Waals surface area contributed by atoms with E-state index < -0.39 is 0 Å². The van der Waals surface area contributed by atoms with Gasteiger partial charge in [0.15, 0.2) is 6.54 Å². The number of anilines is 1. The van der Waals surface area contributed by atoms with Crippen LogP contribution in [0.3, 0.4) is 0 Å². The van der Waals surface area contributed by atoms with Gasteiger partial charge in [-0.2, -0.15) is 0 Å². The van der Waals surface area contributed by atoms with E-state index in [1.807, 2.05) is 25.1 Å². The van der Waals surface area contributed by atoms with Gasteiger partial charge in [-0.25, -0.2) is 0 Å². The lowest BCUT2D eigenvalue weighted by Crippen LogP contribution is -2.93. The molecule has 0 saturated heterocycles. The molecule has 0 aromatic heterocycles. The summed E-state index contributed by atoms with van der Waals surface area (Å²) in [6.07, 6.45) is 5.14. The minimum absolute atomic E-state index is 0.0492. The number of rotatable bonds is 4. The van der Waals surface area contributed by atoms with Crippen molar-refractivity contribution in [3.63, 3.8) is 0 Å². The molecule has 20 heavy (non-hydrogen) atoms. The fourth-order valence-electron chi connectivity index (χ4n) is 2.90. The fraction of sp³-hybridized carbons (Fsp3) is 0.562. The maximum Gasteiger partial charge on any atom is 0.279 e. The Bertz CT molecular complexity index is 476. The second-order valence-corrected chi connectivity index (χ2v) is 6.23. The number of quaternary nitrogens is 1. The van der Waals surface area contributed by atoms with Crippen molar-refractivity contribution in [2.24, 2.45) is 5.92 Å².